The number of carbonyl (C=O) groups excluding carboxylic acids is 1. The Labute approximate surface area is 186 Å². The minimum absolute atomic E-state index is 0.230. The van der Waals surface area contributed by atoms with E-state index in [-0.39, 0.29) is 11.9 Å². The normalized spacial score (nSPS) is 13.4. The van der Waals surface area contributed by atoms with Gasteiger partial charge in [-0.15, -0.1) is 0 Å². The average molecular weight is 447 g/mol. The van der Waals surface area contributed by atoms with Crippen LogP contribution < -0.4 is 14.4 Å². The first-order valence-corrected chi connectivity index (χ1v) is 12.4. The Bertz CT molecular complexity index is 1010. The van der Waals surface area contributed by atoms with Gasteiger partial charge in [0.15, 0.2) is 0 Å². The molecule has 7 heteroatoms. The maximum atomic E-state index is 13.3. The molecule has 2 aromatic carbocycles. The second-order valence-electron chi connectivity index (χ2n) is 8.03. The van der Waals surface area contributed by atoms with Gasteiger partial charge in [0.25, 0.3) is 0 Å². The molecule has 0 saturated heterocycles. The summed E-state index contributed by atoms with van der Waals surface area (Å²) in [6.07, 6.45) is 2.17. The van der Waals surface area contributed by atoms with E-state index in [0.717, 1.165) is 34.3 Å². The molecule has 0 aliphatic rings. The van der Waals surface area contributed by atoms with Gasteiger partial charge in [-0.05, 0) is 74.1 Å². The van der Waals surface area contributed by atoms with Crippen molar-refractivity contribution in [2.75, 3.05) is 17.7 Å². The number of ether oxygens (including phenoxy) is 1. The highest BCUT2D eigenvalue weighted by Crippen LogP contribution is 2.27. The van der Waals surface area contributed by atoms with Crippen molar-refractivity contribution in [2.24, 2.45) is 0 Å². The fourth-order valence-electron chi connectivity index (χ4n) is 3.95. The van der Waals surface area contributed by atoms with E-state index < -0.39 is 16.1 Å². The lowest BCUT2D eigenvalue weighted by Crippen LogP contribution is -2.50. The van der Waals surface area contributed by atoms with Crippen LogP contribution in [0.5, 0.6) is 5.75 Å². The molecule has 0 heterocycles. The first-order valence-electron chi connectivity index (χ1n) is 10.5. The van der Waals surface area contributed by atoms with Gasteiger partial charge in [0.2, 0.25) is 15.9 Å². The quantitative estimate of drug-likeness (QED) is 0.618. The Morgan fingerprint density at radius 1 is 1.03 bits per heavy atom. The summed E-state index contributed by atoms with van der Waals surface area (Å²) < 4.78 is 32.0. The number of methoxy groups -OCH3 is 1. The van der Waals surface area contributed by atoms with Gasteiger partial charge in [-0.3, -0.25) is 9.10 Å². The largest absolute Gasteiger partial charge is 0.496 e. The zero-order chi connectivity index (χ0) is 23.3. The highest BCUT2D eigenvalue weighted by Gasteiger charge is 2.32. The van der Waals surface area contributed by atoms with Crippen LogP contribution in [0, 0.1) is 20.8 Å². The molecule has 170 valence electrons. The number of hydrogen-bond acceptors (Lipinski definition) is 4. The zero-order valence-corrected chi connectivity index (χ0v) is 20.3. The predicted octanol–water partition coefficient (Wildman–Crippen LogP) is 4.43. The molecule has 0 fully saturated rings. The summed E-state index contributed by atoms with van der Waals surface area (Å²) in [6, 6.07) is 10.3. The van der Waals surface area contributed by atoms with Crippen molar-refractivity contribution in [3.05, 3.63) is 58.7 Å². The van der Waals surface area contributed by atoms with Gasteiger partial charge in [-0.1, -0.05) is 32.0 Å². The van der Waals surface area contributed by atoms with Crippen LogP contribution in [0.2, 0.25) is 0 Å². The molecule has 2 atom stereocenters. The number of carbonyl (C=O) groups is 1. The number of nitrogens with zero attached hydrogens (tertiary/aromatic N) is 1. The first-order chi connectivity index (χ1) is 14.5. The summed E-state index contributed by atoms with van der Waals surface area (Å²) in [5, 5.41) is 3.06. The van der Waals surface area contributed by atoms with Gasteiger partial charge >= 0.3 is 0 Å². The van der Waals surface area contributed by atoms with E-state index in [4.69, 9.17) is 4.74 Å². The first kappa shape index (κ1) is 24.7. The molecule has 1 amide bonds. The minimum Gasteiger partial charge on any atom is -0.496 e. The molecular weight excluding hydrogens is 412 g/mol. The number of anilines is 1. The fourth-order valence-corrected chi connectivity index (χ4v) is 5.14. The van der Waals surface area contributed by atoms with Gasteiger partial charge in [-0.2, -0.15) is 0 Å². The fraction of sp³-hybridized carbons (Fsp3) is 0.458. The SMILES string of the molecule is CC[C@H](NC(=O)[C@@H](CC)N(c1cc(C)cc(C)c1)S(C)(=O)=O)c1ccc(OC)c(C)c1. The number of hydrogen-bond donors (Lipinski definition) is 1. The minimum atomic E-state index is -3.67. The number of rotatable bonds is 9. The van der Waals surface area contributed by atoms with Crippen molar-refractivity contribution in [3.63, 3.8) is 0 Å². The number of amides is 1. The van der Waals surface area contributed by atoms with Crippen LogP contribution in [-0.4, -0.2) is 33.7 Å². The highest BCUT2D eigenvalue weighted by atomic mass is 32.2. The van der Waals surface area contributed by atoms with E-state index in [1.807, 2.05) is 58.9 Å². The van der Waals surface area contributed by atoms with Crippen molar-refractivity contribution >= 4 is 21.6 Å². The van der Waals surface area contributed by atoms with Gasteiger partial charge in [0.05, 0.1) is 25.1 Å². The van der Waals surface area contributed by atoms with Crippen LogP contribution in [0.25, 0.3) is 0 Å². The molecule has 0 bridgehead atoms. The number of aryl methyl sites for hydroxylation is 3. The van der Waals surface area contributed by atoms with Crippen molar-refractivity contribution < 1.29 is 17.9 Å². The Hall–Kier alpha value is -2.54. The standard InChI is InChI=1S/C24H34N2O4S/c1-8-21(19-10-11-23(30-6)18(5)15-19)25-24(27)22(9-2)26(31(7,28)29)20-13-16(3)12-17(4)14-20/h10-15,21-22H,8-9H2,1-7H3,(H,25,27)/t21-,22+/m0/s1. The van der Waals surface area contributed by atoms with Crippen LogP contribution in [-0.2, 0) is 14.8 Å². The molecule has 2 aromatic rings. The monoisotopic (exact) mass is 446 g/mol. The topological polar surface area (TPSA) is 75.7 Å². The molecule has 0 aliphatic carbocycles. The molecule has 0 spiro atoms. The van der Waals surface area contributed by atoms with E-state index in [0.29, 0.717) is 18.5 Å². The highest BCUT2D eigenvalue weighted by molar-refractivity contribution is 7.92. The van der Waals surface area contributed by atoms with Crippen molar-refractivity contribution in [2.45, 2.75) is 59.5 Å². The molecule has 6 nitrogen and oxygen atoms in total. The Kier molecular flexibility index (Phi) is 8.12. The lowest BCUT2D eigenvalue weighted by Gasteiger charge is -2.32. The summed E-state index contributed by atoms with van der Waals surface area (Å²) in [7, 11) is -2.05. The lowest BCUT2D eigenvalue weighted by molar-refractivity contribution is -0.123. The van der Waals surface area contributed by atoms with E-state index in [1.165, 1.54) is 4.31 Å². The molecule has 0 unspecified atom stereocenters. The Morgan fingerprint density at radius 2 is 1.65 bits per heavy atom. The predicted molar refractivity (Wildman–Crippen MR) is 126 cm³/mol. The third-order valence-electron chi connectivity index (χ3n) is 5.34. The van der Waals surface area contributed by atoms with Crippen molar-refractivity contribution in [1.29, 1.82) is 0 Å². The maximum Gasteiger partial charge on any atom is 0.244 e. The summed E-state index contributed by atoms with van der Waals surface area (Å²) in [5.41, 5.74) is 4.34. The summed E-state index contributed by atoms with van der Waals surface area (Å²) >= 11 is 0. The average Bonchev–Trinajstić information content (AvgIpc) is 2.67. The van der Waals surface area contributed by atoms with Crippen LogP contribution >= 0.6 is 0 Å². The summed E-state index contributed by atoms with van der Waals surface area (Å²) in [6.45, 7) is 9.60. The van der Waals surface area contributed by atoms with Crippen molar-refractivity contribution in [3.8, 4) is 5.75 Å². The second kappa shape index (κ2) is 10.2. The van der Waals surface area contributed by atoms with E-state index in [9.17, 15) is 13.2 Å². The van der Waals surface area contributed by atoms with Gasteiger partial charge in [-0.25, -0.2) is 8.42 Å². The smallest absolute Gasteiger partial charge is 0.244 e. The van der Waals surface area contributed by atoms with Gasteiger partial charge in [0, 0.05) is 0 Å². The molecular formula is C24H34N2O4S. The number of benzene rings is 2. The van der Waals surface area contributed by atoms with Crippen LogP contribution in [0.15, 0.2) is 36.4 Å². The molecule has 2 rings (SSSR count). The van der Waals surface area contributed by atoms with Crippen LogP contribution in [0.4, 0.5) is 5.69 Å². The third kappa shape index (κ3) is 6.00. The third-order valence-corrected chi connectivity index (χ3v) is 6.52. The second-order valence-corrected chi connectivity index (χ2v) is 9.89. The molecule has 0 aliphatic heterocycles. The molecule has 31 heavy (non-hydrogen) atoms. The maximum absolute atomic E-state index is 13.3. The molecule has 0 saturated carbocycles. The van der Waals surface area contributed by atoms with Gasteiger partial charge in [0.1, 0.15) is 11.8 Å². The number of nitrogens with one attached hydrogen (secondary N) is 1. The number of sulfonamides is 1. The molecule has 0 radical (unpaired) electrons. The summed E-state index contributed by atoms with van der Waals surface area (Å²) in [5.74, 6) is 0.474. The van der Waals surface area contributed by atoms with E-state index >= 15 is 0 Å². The molecule has 1 N–H and O–H groups in total. The Morgan fingerprint density at radius 3 is 2.10 bits per heavy atom. The zero-order valence-electron chi connectivity index (χ0n) is 19.5. The van der Waals surface area contributed by atoms with E-state index in [2.05, 4.69) is 5.32 Å². The Balaban J connectivity index is 2.39. The van der Waals surface area contributed by atoms with Crippen molar-refractivity contribution in [1.82, 2.24) is 5.32 Å². The van der Waals surface area contributed by atoms with Gasteiger partial charge < -0.3 is 10.1 Å². The molecule has 0 aromatic heterocycles. The lowest BCUT2D eigenvalue weighted by atomic mass is 10.0. The van der Waals surface area contributed by atoms with Crippen LogP contribution in [0.3, 0.4) is 0 Å². The summed E-state index contributed by atoms with van der Waals surface area (Å²) in [4.78, 5) is 13.3. The van der Waals surface area contributed by atoms with Crippen LogP contribution in [0.1, 0.15) is 55.0 Å². The van der Waals surface area contributed by atoms with E-state index in [1.54, 1.807) is 19.2 Å².